The fraction of sp³-hybridized carbons (Fsp3) is 0.154. The second kappa shape index (κ2) is 10.4. The molecule has 0 fully saturated rings. The summed E-state index contributed by atoms with van der Waals surface area (Å²) in [5, 5.41) is 3.93. The van der Waals surface area contributed by atoms with Gasteiger partial charge in [-0.2, -0.15) is 0 Å². The van der Waals surface area contributed by atoms with Crippen LogP contribution in [0.4, 0.5) is 11.4 Å². The first kappa shape index (κ1) is 22.6. The Hall–Kier alpha value is -3.55. The van der Waals surface area contributed by atoms with E-state index in [4.69, 9.17) is 0 Å². The number of anilines is 2. The molecule has 4 rings (SSSR count). The van der Waals surface area contributed by atoms with Crippen LogP contribution in [0.5, 0.6) is 0 Å². The summed E-state index contributed by atoms with van der Waals surface area (Å²) in [6.07, 6.45) is 3.10. The van der Waals surface area contributed by atoms with Gasteiger partial charge in [0.15, 0.2) is 0 Å². The van der Waals surface area contributed by atoms with Gasteiger partial charge in [0.25, 0.3) is 17.2 Å². The lowest BCUT2D eigenvalue weighted by atomic mass is 10.0. The number of amides is 1. The second-order valence-corrected chi connectivity index (χ2v) is 8.49. The van der Waals surface area contributed by atoms with Crippen molar-refractivity contribution in [3.05, 3.63) is 102 Å². The number of pyridine rings is 1. The summed E-state index contributed by atoms with van der Waals surface area (Å²) in [4.78, 5) is 17.7. The summed E-state index contributed by atoms with van der Waals surface area (Å²) >= 11 is -2.42. The van der Waals surface area contributed by atoms with Crippen LogP contribution in [0, 0.1) is 0 Å². The maximum atomic E-state index is 13.3. The first-order valence-corrected chi connectivity index (χ1v) is 11.8. The second-order valence-electron chi connectivity index (χ2n) is 7.66. The van der Waals surface area contributed by atoms with E-state index in [1.807, 2.05) is 55.5 Å². The number of nitrogens with one attached hydrogen (secondary N) is 1. The Balaban J connectivity index is 1.69. The normalized spacial score (nSPS) is 12.8. The number of rotatable bonds is 8. The van der Waals surface area contributed by atoms with Gasteiger partial charge >= 0.3 is 0 Å². The van der Waals surface area contributed by atoms with Crippen LogP contribution in [0.15, 0.2) is 91.1 Å². The zero-order chi connectivity index (χ0) is 23.2. The van der Waals surface area contributed by atoms with Crippen LogP contribution < -0.4 is 9.62 Å². The lowest BCUT2D eigenvalue weighted by Crippen LogP contribution is -2.37. The predicted octanol–water partition coefficient (Wildman–Crippen LogP) is 5.26. The van der Waals surface area contributed by atoms with Crippen LogP contribution in [0.1, 0.15) is 29.3 Å². The number of hydrogen-bond donors (Lipinski definition) is 2. The Labute approximate surface area is 195 Å². The molecule has 2 N–H and O–H groups in total. The van der Waals surface area contributed by atoms with E-state index in [2.05, 4.69) is 10.3 Å². The van der Waals surface area contributed by atoms with E-state index in [1.165, 1.54) is 4.31 Å². The van der Waals surface area contributed by atoms with Gasteiger partial charge in [0.05, 0.1) is 22.5 Å². The van der Waals surface area contributed by atoms with Gasteiger partial charge in [-0.25, -0.2) is 8.51 Å². The van der Waals surface area contributed by atoms with E-state index >= 15 is 0 Å². The van der Waals surface area contributed by atoms with Crippen molar-refractivity contribution in [2.24, 2.45) is 0 Å². The highest BCUT2D eigenvalue weighted by Crippen LogP contribution is 2.34. The lowest BCUT2D eigenvalue weighted by Gasteiger charge is -2.24. The van der Waals surface area contributed by atoms with Crippen LogP contribution in [0.25, 0.3) is 10.9 Å². The van der Waals surface area contributed by atoms with E-state index < -0.39 is 11.3 Å². The van der Waals surface area contributed by atoms with Gasteiger partial charge in [0.1, 0.15) is 0 Å². The number of fused-ring (bicyclic) bond motifs is 1. The molecule has 4 aromatic rings. The van der Waals surface area contributed by atoms with Gasteiger partial charge in [0, 0.05) is 17.6 Å². The average Bonchev–Trinajstić information content (AvgIpc) is 2.84. The summed E-state index contributed by atoms with van der Waals surface area (Å²) in [5.41, 5.74) is 2.82. The lowest BCUT2D eigenvalue weighted by molar-refractivity contribution is 0.0936. The third kappa shape index (κ3) is 5.10. The molecule has 0 spiro atoms. The van der Waals surface area contributed by atoms with Crippen LogP contribution in [-0.4, -0.2) is 25.7 Å². The van der Waals surface area contributed by atoms with Gasteiger partial charge in [0.2, 0.25) is 0 Å². The molecule has 0 radical (unpaired) electrons. The standard InChI is InChI=1S/C26H25N3O3S/c1-2-21(18-19-10-4-3-5-11-19)28-26(30)22-14-6-7-15-23(22)29(33(31)32)24-16-8-12-20-13-9-17-27-25(20)24/h3-17,21H,2,18H2,1H3,(H,28,30)(H,31,32). The molecule has 0 aliphatic rings. The van der Waals surface area contributed by atoms with Crippen molar-refractivity contribution in [2.45, 2.75) is 25.8 Å². The number of aromatic nitrogens is 1. The number of carbonyl (C=O) groups excluding carboxylic acids is 1. The van der Waals surface area contributed by atoms with Crippen LogP contribution in [0.3, 0.4) is 0 Å². The number of benzene rings is 3. The average molecular weight is 460 g/mol. The monoisotopic (exact) mass is 459 g/mol. The Morgan fingerprint density at radius 3 is 2.42 bits per heavy atom. The van der Waals surface area contributed by atoms with Crippen LogP contribution >= 0.6 is 0 Å². The van der Waals surface area contributed by atoms with Crippen molar-refractivity contribution < 1.29 is 13.6 Å². The minimum absolute atomic E-state index is 0.0692. The zero-order valence-corrected chi connectivity index (χ0v) is 19.0. The molecular weight excluding hydrogens is 434 g/mol. The van der Waals surface area contributed by atoms with Gasteiger partial charge in [-0.05, 0) is 42.7 Å². The molecule has 33 heavy (non-hydrogen) atoms. The summed E-state index contributed by atoms with van der Waals surface area (Å²) in [6.45, 7) is 2.02. The summed E-state index contributed by atoms with van der Waals surface area (Å²) in [6, 6.07) is 25.9. The zero-order valence-electron chi connectivity index (χ0n) is 18.2. The van der Waals surface area contributed by atoms with E-state index in [9.17, 15) is 13.6 Å². The molecule has 0 saturated carbocycles. The van der Waals surface area contributed by atoms with E-state index in [-0.39, 0.29) is 11.9 Å². The Morgan fingerprint density at radius 1 is 0.970 bits per heavy atom. The third-order valence-corrected chi connectivity index (χ3v) is 6.21. The first-order chi connectivity index (χ1) is 16.1. The SMILES string of the molecule is CCC(Cc1ccccc1)NC(=O)c1ccccc1N(c1cccc2cccnc12)S(=O)O. The predicted molar refractivity (Wildman–Crippen MR) is 133 cm³/mol. The molecule has 168 valence electrons. The minimum Gasteiger partial charge on any atom is -0.349 e. The van der Waals surface area contributed by atoms with Gasteiger partial charge in [-0.1, -0.05) is 67.6 Å². The van der Waals surface area contributed by atoms with Crippen molar-refractivity contribution in [1.82, 2.24) is 10.3 Å². The van der Waals surface area contributed by atoms with Crippen molar-refractivity contribution in [1.29, 1.82) is 0 Å². The molecule has 0 bridgehead atoms. The molecular formula is C26H25N3O3S. The molecule has 1 heterocycles. The summed E-state index contributed by atoms with van der Waals surface area (Å²) in [7, 11) is 0. The smallest absolute Gasteiger partial charge is 0.266 e. The summed E-state index contributed by atoms with van der Waals surface area (Å²) < 4.78 is 24.0. The fourth-order valence-corrected chi connectivity index (χ4v) is 4.50. The number of carbonyl (C=O) groups is 1. The Morgan fingerprint density at radius 2 is 1.67 bits per heavy atom. The Kier molecular flexibility index (Phi) is 7.12. The molecule has 6 nitrogen and oxygen atoms in total. The number of nitrogens with zero attached hydrogens (tertiary/aromatic N) is 2. The van der Waals surface area contributed by atoms with E-state index in [0.717, 1.165) is 17.4 Å². The van der Waals surface area contributed by atoms with Crippen LogP contribution in [-0.2, 0) is 17.7 Å². The maximum absolute atomic E-state index is 13.3. The molecule has 7 heteroatoms. The highest BCUT2D eigenvalue weighted by Gasteiger charge is 2.24. The Bertz CT molecular complexity index is 1270. The number of hydrogen-bond acceptors (Lipinski definition) is 3. The highest BCUT2D eigenvalue weighted by atomic mass is 32.2. The molecule has 2 atom stereocenters. The number of para-hydroxylation sites is 2. The summed E-state index contributed by atoms with van der Waals surface area (Å²) in [5.74, 6) is -0.294. The molecule has 1 aromatic heterocycles. The van der Waals surface area contributed by atoms with Crippen molar-refractivity contribution in [2.75, 3.05) is 4.31 Å². The molecule has 1 amide bonds. The molecule has 2 unspecified atom stereocenters. The maximum Gasteiger partial charge on any atom is 0.266 e. The van der Waals surface area contributed by atoms with E-state index in [1.54, 1.807) is 42.6 Å². The fourth-order valence-electron chi connectivity index (χ4n) is 3.85. The highest BCUT2D eigenvalue weighted by molar-refractivity contribution is 7.81. The van der Waals surface area contributed by atoms with Crippen LogP contribution in [0.2, 0.25) is 0 Å². The topological polar surface area (TPSA) is 82.5 Å². The van der Waals surface area contributed by atoms with Crippen molar-refractivity contribution in [3.8, 4) is 0 Å². The van der Waals surface area contributed by atoms with Crippen molar-refractivity contribution in [3.63, 3.8) is 0 Å². The first-order valence-electron chi connectivity index (χ1n) is 10.8. The molecule has 0 aliphatic heterocycles. The molecule has 3 aromatic carbocycles. The molecule has 0 aliphatic carbocycles. The quantitative estimate of drug-likeness (QED) is 0.352. The minimum atomic E-state index is -2.42. The molecule has 0 saturated heterocycles. The van der Waals surface area contributed by atoms with Crippen molar-refractivity contribution >= 4 is 39.5 Å². The third-order valence-electron chi connectivity index (χ3n) is 5.51. The van der Waals surface area contributed by atoms with Gasteiger partial charge < -0.3 is 5.32 Å². The van der Waals surface area contributed by atoms with Gasteiger partial charge in [-0.3, -0.25) is 14.3 Å². The van der Waals surface area contributed by atoms with Gasteiger partial charge in [-0.15, -0.1) is 0 Å². The van der Waals surface area contributed by atoms with E-state index in [0.29, 0.717) is 28.9 Å². The largest absolute Gasteiger partial charge is 0.349 e.